The largest absolute Gasteiger partial charge is 0.338 e. The molecule has 0 atom stereocenters. The number of amides is 2. The molecule has 0 aliphatic carbocycles. The topological polar surface area (TPSA) is 49.4 Å². The standard InChI is InChI=1S/C22H20N2O2/c25-21-6-3-13-24(21)15-16-7-9-18(10-8-16)22(26)23-20-12-11-17-4-1-2-5-19(17)14-20/h1-2,4-5,7-12,14H,3,6,13,15H2,(H,23,26). The van der Waals surface area contributed by atoms with Crippen molar-refractivity contribution in [2.75, 3.05) is 11.9 Å². The van der Waals surface area contributed by atoms with Crippen molar-refractivity contribution < 1.29 is 9.59 Å². The minimum atomic E-state index is -0.135. The fourth-order valence-corrected chi connectivity index (χ4v) is 3.32. The summed E-state index contributed by atoms with van der Waals surface area (Å²) in [6.45, 7) is 1.44. The van der Waals surface area contributed by atoms with Crippen molar-refractivity contribution in [3.63, 3.8) is 0 Å². The molecule has 130 valence electrons. The van der Waals surface area contributed by atoms with Crippen LogP contribution in [0.5, 0.6) is 0 Å². The summed E-state index contributed by atoms with van der Waals surface area (Å²) < 4.78 is 0. The number of hydrogen-bond donors (Lipinski definition) is 1. The van der Waals surface area contributed by atoms with Gasteiger partial charge < -0.3 is 10.2 Å². The second kappa shape index (κ2) is 7.00. The summed E-state index contributed by atoms with van der Waals surface area (Å²) in [6.07, 6.45) is 1.58. The van der Waals surface area contributed by atoms with Gasteiger partial charge in [-0.2, -0.15) is 0 Å². The Hall–Kier alpha value is -3.14. The van der Waals surface area contributed by atoms with Gasteiger partial charge in [-0.3, -0.25) is 9.59 Å². The van der Waals surface area contributed by atoms with E-state index in [-0.39, 0.29) is 11.8 Å². The van der Waals surface area contributed by atoms with E-state index in [4.69, 9.17) is 0 Å². The molecular formula is C22H20N2O2. The maximum Gasteiger partial charge on any atom is 0.255 e. The van der Waals surface area contributed by atoms with Crippen LogP contribution in [0.3, 0.4) is 0 Å². The Bertz CT molecular complexity index is 963. The molecule has 0 radical (unpaired) electrons. The van der Waals surface area contributed by atoms with E-state index in [1.54, 1.807) is 0 Å². The normalized spacial score (nSPS) is 14.0. The maximum atomic E-state index is 12.5. The molecule has 4 heteroatoms. The van der Waals surface area contributed by atoms with Crippen LogP contribution < -0.4 is 5.32 Å². The highest BCUT2D eigenvalue weighted by Crippen LogP contribution is 2.20. The van der Waals surface area contributed by atoms with Gasteiger partial charge in [0.05, 0.1) is 0 Å². The summed E-state index contributed by atoms with van der Waals surface area (Å²) in [5.74, 6) is 0.0761. The first kappa shape index (κ1) is 16.3. The lowest BCUT2D eigenvalue weighted by molar-refractivity contribution is -0.128. The van der Waals surface area contributed by atoms with Gasteiger partial charge in [-0.15, -0.1) is 0 Å². The van der Waals surface area contributed by atoms with Crippen molar-refractivity contribution in [2.24, 2.45) is 0 Å². The van der Waals surface area contributed by atoms with E-state index in [9.17, 15) is 9.59 Å². The van der Waals surface area contributed by atoms with Crippen molar-refractivity contribution in [3.8, 4) is 0 Å². The zero-order chi connectivity index (χ0) is 17.9. The number of carbonyl (C=O) groups is 2. The minimum absolute atomic E-state index is 0.135. The number of carbonyl (C=O) groups excluding carboxylic acids is 2. The molecule has 0 bridgehead atoms. The number of nitrogens with one attached hydrogen (secondary N) is 1. The number of anilines is 1. The Morgan fingerprint density at radius 2 is 1.73 bits per heavy atom. The molecule has 0 unspecified atom stereocenters. The number of nitrogens with zero attached hydrogens (tertiary/aromatic N) is 1. The SMILES string of the molecule is O=C(Nc1ccc2ccccc2c1)c1ccc(CN2CCCC2=O)cc1. The van der Waals surface area contributed by atoms with Crippen LogP contribution in [-0.2, 0) is 11.3 Å². The molecular weight excluding hydrogens is 324 g/mol. The van der Waals surface area contributed by atoms with Crippen molar-refractivity contribution in [3.05, 3.63) is 77.9 Å². The van der Waals surface area contributed by atoms with Gasteiger partial charge in [0.2, 0.25) is 5.91 Å². The number of likely N-dealkylation sites (tertiary alicyclic amines) is 1. The molecule has 3 aromatic rings. The van der Waals surface area contributed by atoms with Crippen LogP contribution >= 0.6 is 0 Å². The minimum Gasteiger partial charge on any atom is -0.338 e. The summed E-state index contributed by atoms with van der Waals surface area (Å²) >= 11 is 0. The van der Waals surface area contributed by atoms with Gasteiger partial charge in [-0.25, -0.2) is 0 Å². The lowest BCUT2D eigenvalue weighted by Crippen LogP contribution is -2.23. The average Bonchev–Trinajstić information content (AvgIpc) is 3.07. The van der Waals surface area contributed by atoms with E-state index in [0.717, 1.165) is 35.0 Å². The first-order valence-corrected chi connectivity index (χ1v) is 8.86. The van der Waals surface area contributed by atoms with Gasteiger partial charge in [-0.1, -0.05) is 42.5 Å². The maximum absolute atomic E-state index is 12.5. The Kier molecular flexibility index (Phi) is 4.40. The molecule has 4 nitrogen and oxygen atoms in total. The third-order valence-electron chi connectivity index (χ3n) is 4.77. The third-order valence-corrected chi connectivity index (χ3v) is 4.77. The van der Waals surface area contributed by atoms with Crippen LogP contribution in [-0.4, -0.2) is 23.3 Å². The molecule has 1 fully saturated rings. The van der Waals surface area contributed by atoms with Crippen molar-refractivity contribution in [2.45, 2.75) is 19.4 Å². The number of hydrogen-bond acceptors (Lipinski definition) is 2. The van der Waals surface area contributed by atoms with E-state index < -0.39 is 0 Å². The molecule has 0 saturated carbocycles. The van der Waals surface area contributed by atoms with Crippen LogP contribution in [0.2, 0.25) is 0 Å². The second-order valence-corrected chi connectivity index (χ2v) is 6.63. The summed E-state index contributed by atoms with van der Waals surface area (Å²) in [6, 6.07) is 21.4. The monoisotopic (exact) mass is 344 g/mol. The van der Waals surface area contributed by atoms with Crippen molar-refractivity contribution in [1.29, 1.82) is 0 Å². The van der Waals surface area contributed by atoms with Gasteiger partial charge in [0.25, 0.3) is 5.91 Å². The fraction of sp³-hybridized carbons (Fsp3) is 0.182. The number of fused-ring (bicyclic) bond motifs is 1. The smallest absolute Gasteiger partial charge is 0.255 e. The predicted octanol–water partition coefficient (Wildman–Crippen LogP) is 4.21. The molecule has 0 aromatic heterocycles. The van der Waals surface area contributed by atoms with Crippen molar-refractivity contribution >= 4 is 28.3 Å². The second-order valence-electron chi connectivity index (χ2n) is 6.63. The Morgan fingerprint density at radius 1 is 0.962 bits per heavy atom. The number of rotatable bonds is 4. The molecule has 26 heavy (non-hydrogen) atoms. The fourth-order valence-electron chi connectivity index (χ4n) is 3.32. The van der Waals surface area contributed by atoms with E-state index in [1.807, 2.05) is 71.6 Å². The average molecular weight is 344 g/mol. The zero-order valence-corrected chi connectivity index (χ0v) is 14.4. The quantitative estimate of drug-likeness (QED) is 0.770. The summed E-state index contributed by atoms with van der Waals surface area (Å²) in [7, 11) is 0. The molecule has 1 saturated heterocycles. The first-order valence-electron chi connectivity index (χ1n) is 8.86. The van der Waals surface area contributed by atoms with Gasteiger partial charge in [0.15, 0.2) is 0 Å². The van der Waals surface area contributed by atoms with Gasteiger partial charge in [0, 0.05) is 30.8 Å². The van der Waals surface area contributed by atoms with Crippen LogP contribution in [0.4, 0.5) is 5.69 Å². The van der Waals surface area contributed by atoms with E-state index >= 15 is 0 Å². The zero-order valence-electron chi connectivity index (χ0n) is 14.4. The predicted molar refractivity (Wildman–Crippen MR) is 103 cm³/mol. The summed E-state index contributed by atoms with van der Waals surface area (Å²) in [4.78, 5) is 26.1. The summed E-state index contributed by atoms with van der Waals surface area (Å²) in [5.41, 5.74) is 2.43. The first-order chi connectivity index (χ1) is 12.7. The van der Waals surface area contributed by atoms with Crippen LogP contribution in [0.1, 0.15) is 28.8 Å². The van der Waals surface area contributed by atoms with Gasteiger partial charge in [0.1, 0.15) is 0 Å². The molecule has 4 rings (SSSR count). The van der Waals surface area contributed by atoms with E-state index in [2.05, 4.69) is 5.32 Å². The lowest BCUT2D eigenvalue weighted by atomic mass is 10.1. The van der Waals surface area contributed by atoms with Gasteiger partial charge >= 0.3 is 0 Å². The van der Waals surface area contributed by atoms with Crippen LogP contribution in [0.25, 0.3) is 10.8 Å². The van der Waals surface area contributed by atoms with Crippen LogP contribution in [0.15, 0.2) is 66.7 Å². The highest BCUT2D eigenvalue weighted by molar-refractivity contribution is 6.05. The van der Waals surface area contributed by atoms with E-state index in [1.165, 1.54) is 0 Å². The highest BCUT2D eigenvalue weighted by atomic mass is 16.2. The molecule has 0 spiro atoms. The molecule has 1 heterocycles. The molecule has 1 N–H and O–H groups in total. The van der Waals surface area contributed by atoms with Crippen LogP contribution in [0, 0.1) is 0 Å². The Morgan fingerprint density at radius 3 is 2.46 bits per heavy atom. The molecule has 1 aliphatic heterocycles. The van der Waals surface area contributed by atoms with Crippen molar-refractivity contribution in [1.82, 2.24) is 4.90 Å². The highest BCUT2D eigenvalue weighted by Gasteiger charge is 2.20. The number of benzene rings is 3. The Balaban J connectivity index is 1.44. The lowest BCUT2D eigenvalue weighted by Gasteiger charge is -2.15. The summed E-state index contributed by atoms with van der Waals surface area (Å²) in [5, 5.41) is 5.18. The third kappa shape index (κ3) is 3.45. The molecule has 1 aliphatic rings. The molecule has 3 aromatic carbocycles. The Labute approximate surface area is 152 Å². The van der Waals surface area contributed by atoms with E-state index in [0.29, 0.717) is 18.5 Å². The molecule has 2 amide bonds. The van der Waals surface area contributed by atoms with Gasteiger partial charge in [-0.05, 0) is 47.0 Å².